The zero-order chi connectivity index (χ0) is 18.5. The number of fused-ring (bicyclic) bond motifs is 1. The normalized spacial score (nSPS) is 11.0. The summed E-state index contributed by atoms with van der Waals surface area (Å²) in [5.41, 5.74) is 14.6. The number of methoxy groups -OCH3 is 1. The number of nitrogen functional groups attached to an aromatic ring is 1. The Morgan fingerprint density at radius 3 is 2.60 bits per heavy atom. The van der Waals surface area contributed by atoms with Crippen LogP contribution in [-0.2, 0) is 0 Å². The van der Waals surface area contributed by atoms with Crippen LogP contribution in [0.25, 0.3) is 16.9 Å². The zero-order valence-electron chi connectivity index (χ0n) is 13.8. The van der Waals surface area contributed by atoms with E-state index < -0.39 is 5.91 Å². The molecule has 25 heavy (non-hydrogen) atoms. The summed E-state index contributed by atoms with van der Waals surface area (Å²) < 4.78 is 7.11. The van der Waals surface area contributed by atoms with E-state index in [2.05, 4.69) is 25.9 Å². The van der Waals surface area contributed by atoms with E-state index >= 15 is 0 Å². The van der Waals surface area contributed by atoms with Crippen molar-refractivity contribution in [3.63, 3.8) is 0 Å². The summed E-state index contributed by atoms with van der Waals surface area (Å²) in [6.07, 6.45) is 0. The van der Waals surface area contributed by atoms with Gasteiger partial charge in [-0.1, -0.05) is 6.07 Å². The largest absolute Gasteiger partial charge is 0.496 e. The maximum absolute atomic E-state index is 11.9. The molecule has 130 valence electrons. The van der Waals surface area contributed by atoms with Crippen LogP contribution in [0.3, 0.4) is 0 Å². The van der Waals surface area contributed by atoms with Gasteiger partial charge in [0.15, 0.2) is 10.3 Å². The molecule has 0 spiro atoms. The highest BCUT2D eigenvalue weighted by atomic mass is 79.9. The van der Waals surface area contributed by atoms with Crippen LogP contribution in [-0.4, -0.2) is 32.7 Å². The Bertz CT molecular complexity index is 1030. The number of hydrogen-bond donors (Lipinski definition) is 3. The van der Waals surface area contributed by atoms with Gasteiger partial charge in [-0.25, -0.2) is 9.97 Å². The first-order valence-corrected chi connectivity index (χ1v) is 8.08. The van der Waals surface area contributed by atoms with Crippen molar-refractivity contribution in [3.05, 3.63) is 33.4 Å². The van der Waals surface area contributed by atoms with Crippen molar-refractivity contribution in [2.45, 2.75) is 13.8 Å². The molecule has 2 aromatic heterocycles. The maximum Gasteiger partial charge on any atom is 0.254 e. The summed E-state index contributed by atoms with van der Waals surface area (Å²) in [6.45, 7) is 3.78. The summed E-state index contributed by atoms with van der Waals surface area (Å²) in [4.78, 5) is 20.2. The van der Waals surface area contributed by atoms with E-state index in [9.17, 15) is 9.90 Å². The first-order valence-electron chi connectivity index (χ1n) is 7.28. The molecular weight excluding hydrogens is 390 g/mol. The van der Waals surface area contributed by atoms with Crippen LogP contribution in [0.15, 0.2) is 16.7 Å². The molecule has 0 bridgehead atoms. The van der Waals surface area contributed by atoms with Crippen LogP contribution in [0.1, 0.15) is 21.5 Å². The number of hydrogen-bond acceptors (Lipinski definition) is 6. The number of aromatic nitrogens is 3. The minimum absolute atomic E-state index is 0.00641. The van der Waals surface area contributed by atoms with Crippen LogP contribution in [0.2, 0.25) is 0 Å². The minimum Gasteiger partial charge on any atom is -0.496 e. The van der Waals surface area contributed by atoms with Gasteiger partial charge in [-0.05, 0) is 41.4 Å². The highest BCUT2D eigenvalue weighted by molar-refractivity contribution is 9.10. The number of aromatic hydroxyl groups is 1. The lowest BCUT2D eigenvalue weighted by Gasteiger charge is -2.16. The smallest absolute Gasteiger partial charge is 0.254 e. The van der Waals surface area contributed by atoms with Crippen molar-refractivity contribution in [2.24, 2.45) is 5.73 Å². The third kappa shape index (κ3) is 2.47. The standard InChI is InChI=1S/C16H16BrN5O3/c1-6-4-5-8(25-3)7(2)11(6)22-13(18)9(14(19)23)10-15(22)21-12(17)16(24)20-10/h4-5H,18H2,1-3H3,(H2,19,23)(H,20,24). The van der Waals surface area contributed by atoms with E-state index in [0.29, 0.717) is 17.1 Å². The van der Waals surface area contributed by atoms with Gasteiger partial charge in [-0.15, -0.1) is 0 Å². The SMILES string of the molecule is COc1ccc(C)c(-n2c(N)c(C(N)=O)c3nc(O)c(Br)nc32)c1C. The molecule has 3 rings (SSSR count). The summed E-state index contributed by atoms with van der Waals surface area (Å²) >= 11 is 3.14. The number of benzene rings is 1. The molecule has 5 N–H and O–H groups in total. The fourth-order valence-corrected chi connectivity index (χ4v) is 3.18. The van der Waals surface area contributed by atoms with Gasteiger partial charge in [0.25, 0.3) is 5.91 Å². The lowest BCUT2D eigenvalue weighted by Crippen LogP contribution is -2.14. The number of aryl methyl sites for hydroxylation is 1. The van der Waals surface area contributed by atoms with Gasteiger partial charge in [0, 0.05) is 5.56 Å². The minimum atomic E-state index is -0.754. The molecule has 2 heterocycles. The topological polar surface area (TPSA) is 129 Å². The monoisotopic (exact) mass is 405 g/mol. The number of primary amides is 1. The Balaban J connectivity index is 2.52. The van der Waals surface area contributed by atoms with Crippen LogP contribution >= 0.6 is 15.9 Å². The molecule has 3 aromatic rings. The van der Waals surface area contributed by atoms with Gasteiger partial charge in [0.05, 0.1) is 12.8 Å². The second-order valence-corrected chi connectivity index (χ2v) is 6.28. The van der Waals surface area contributed by atoms with Gasteiger partial charge in [-0.3, -0.25) is 9.36 Å². The second-order valence-electron chi connectivity index (χ2n) is 5.53. The predicted molar refractivity (Wildman–Crippen MR) is 97.2 cm³/mol. The number of anilines is 1. The van der Waals surface area contributed by atoms with Crippen molar-refractivity contribution < 1.29 is 14.6 Å². The highest BCUT2D eigenvalue weighted by Gasteiger charge is 2.26. The molecule has 1 amide bonds. The Labute approximate surface area is 151 Å². The fraction of sp³-hybridized carbons (Fsp3) is 0.188. The van der Waals surface area contributed by atoms with Crippen molar-refractivity contribution >= 4 is 38.8 Å². The zero-order valence-corrected chi connectivity index (χ0v) is 15.4. The van der Waals surface area contributed by atoms with Crippen molar-refractivity contribution in [1.82, 2.24) is 14.5 Å². The molecule has 0 saturated heterocycles. The fourth-order valence-electron chi connectivity index (χ4n) is 2.92. The third-order valence-corrected chi connectivity index (χ3v) is 4.57. The number of nitrogens with zero attached hydrogens (tertiary/aromatic N) is 3. The molecule has 0 aliphatic rings. The van der Waals surface area contributed by atoms with Gasteiger partial charge < -0.3 is 21.3 Å². The van der Waals surface area contributed by atoms with Crippen molar-refractivity contribution in [3.8, 4) is 17.3 Å². The predicted octanol–water partition coefficient (Wildman–Crippen LogP) is 2.20. The number of rotatable bonds is 3. The molecule has 0 radical (unpaired) electrons. The number of nitrogens with two attached hydrogens (primary N) is 2. The number of ether oxygens (including phenoxy) is 1. The lowest BCUT2D eigenvalue weighted by molar-refractivity contribution is 0.100. The quantitative estimate of drug-likeness (QED) is 0.612. The Kier molecular flexibility index (Phi) is 4.03. The molecule has 9 heteroatoms. The summed E-state index contributed by atoms with van der Waals surface area (Å²) in [7, 11) is 1.57. The molecule has 1 aromatic carbocycles. The molecule has 0 fully saturated rings. The summed E-state index contributed by atoms with van der Waals surface area (Å²) in [5, 5.41) is 9.84. The molecule has 0 unspecified atom stereocenters. The Morgan fingerprint density at radius 2 is 2.00 bits per heavy atom. The number of carbonyl (C=O) groups is 1. The molecule has 0 aliphatic carbocycles. The molecule has 0 atom stereocenters. The van der Waals surface area contributed by atoms with Crippen molar-refractivity contribution in [1.29, 1.82) is 0 Å². The molecule has 0 saturated carbocycles. The van der Waals surface area contributed by atoms with E-state index in [1.54, 1.807) is 11.7 Å². The summed E-state index contributed by atoms with van der Waals surface area (Å²) in [6, 6.07) is 3.72. The van der Waals surface area contributed by atoms with Crippen molar-refractivity contribution in [2.75, 3.05) is 12.8 Å². The number of halogens is 1. The first-order chi connectivity index (χ1) is 11.8. The Hall–Kier alpha value is -2.81. The van der Waals surface area contributed by atoms with Gasteiger partial charge in [0.2, 0.25) is 5.88 Å². The molecule has 8 nitrogen and oxygen atoms in total. The van der Waals surface area contributed by atoms with Crippen LogP contribution in [0.5, 0.6) is 11.6 Å². The van der Waals surface area contributed by atoms with Crippen LogP contribution in [0.4, 0.5) is 5.82 Å². The number of carbonyl (C=O) groups excluding carboxylic acids is 1. The summed E-state index contributed by atoms with van der Waals surface area (Å²) in [5.74, 6) is -0.352. The average molecular weight is 406 g/mol. The van der Waals surface area contributed by atoms with Crippen LogP contribution < -0.4 is 16.2 Å². The third-order valence-electron chi connectivity index (χ3n) is 4.04. The molecular formula is C16H16BrN5O3. The van der Waals surface area contributed by atoms with E-state index in [0.717, 1.165) is 11.1 Å². The highest BCUT2D eigenvalue weighted by Crippen LogP contribution is 2.36. The van der Waals surface area contributed by atoms with E-state index in [-0.39, 0.29) is 27.4 Å². The van der Waals surface area contributed by atoms with Gasteiger partial charge >= 0.3 is 0 Å². The maximum atomic E-state index is 11.9. The molecule has 0 aliphatic heterocycles. The Morgan fingerprint density at radius 1 is 1.32 bits per heavy atom. The average Bonchev–Trinajstić information content (AvgIpc) is 2.80. The second kappa shape index (κ2) is 5.92. The van der Waals surface area contributed by atoms with Gasteiger partial charge in [-0.2, -0.15) is 0 Å². The number of amides is 1. The van der Waals surface area contributed by atoms with E-state index in [1.165, 1.54) is 0 Å². The van der Waals surface area contributed by atoms with E-state index in [1.807, 2.05) is 26.0 Å². The van der Waals surface area contributed by atoms with Crippen LogP contribution in [0, 0.1) is 13.8 Å². The first kappa shape index (κ1) is 17.0. The lowest BCUT2D eigenvalue weighted by atomic mass is 10.1. The van der Waals surface area contributed by atoms with E-state index in [4.69, 9.17) is 16.2 Å². The van der Waals surface area contributed by atoms with Gasteiger partial charge in [0.1, 0.15) is 22.6 Å².